The van der Waals surface area contributed by atoms with Crippen molar-refractivity contribution in [1.82, 2.24) is 4.90 Å². The summed E-state index contributed by atoms with van der Waals surface area (Å²) in [5, 5.41) is 0. The van der Waals surface area contributed by atoms with Gasteiger partial charge in [0.1, 0.15) is 5.75 Å². The third kappa shape index (κ3) is 5.90. The Morgan fingerprint density at radius 2 is 1.73 bits per heavy atom. The number of ether oxygens (including phenoxy) is 2. The van der Waals surface area contributed by atoms with E-state index in [1.807, 2.05) is 0 Å². The number of aryl methyl sites for hydroxylation is 2. The fourth-order valence-corrected chi connectivity index (χ4v) is 3.24. The van der Waals surface area contributed by atoms with E-state index in [9.17, 15) is 0 Å². The first-order chi connectivity index (χ1) is 10.7. The second kappa shape index (κ2) is 9.53. The Morgan fingerprint density at radius 1 is 1.05 bits per heavy atom. The first kappa shape index (κ1) is 17.8. The van der Waals surface area contributed by atoms with Crippen LogP contribution in [0.5, 0.6) is 5.75 Å². The van der Waals surface area contributed by atoms with Gasteiger partial charge >= 0.3 is 0 Å². The normalized spacial score (nSPS) is 16.0. The molecule has 0 aromatic heterocycles. The van der Waals surface area contributed by atoms with Crippen molar-refractivity contribution in [1.29, 1.82) is 0 Å². The van der Waals surface area contributed by atoms with Crippen LogP contribution in [0.2, 0.25) is 0 Å². The van der Waals surface area contributed by atoms with E-state index >= 15 is 0 Å². The summed E-state index contributed by atoms with van der Waals surface area (Å²) in [4.78, 5) is 2.51. The summed E-state index contributed by atoms with van der Waals surface area (Å²) >= 11 is 3.58. The molecule has 0 amide bonds. The van der Waals surface area contributed by atoms with Crippen molar-refractivity contribution in [2.45, 2.75) is 39.5 Å². The van der Waals surface area contributed by atoms with E-state index in [-0.39, 0.29) is 0 Å². The predicted molar refractivity (Wildman–Crippen MR) is 94.8 cm³/mol. The number of hydrogen-bond acceptors (Lipinski definition) is 3. The van der Waals surface area contributed by atoms with Gasteiger partial charge in [0.05, 0.1) is 24.3 Å². The maximum atomic E-state index is 5.90. The molecular formula is C18H28BrNO2. The summed E-state index contributed by atoms with van der Waals surface area (Å²) in [5.74, 6) is 0.969. The molecule has 124 valence electrons. The van der Waals surface area contributed by atoms with Gasteiger partial charge in [-0.05, 0) is 72.4 Å². The van der Waals surface area contributed by atoms with Crippen LogP contribution in [-0.4, -0.2) is 44.4 Å². The summed E-state index contributed by atoms with van der Waals surface area (Å²) in [6.45, 7) is 10.3. The first-order valence-electron chi connectivity index (χ1n) is 8.36. The summed E-state index contributed by atoms with van der Waals surface area (Å²) in [6, 6.07) is 4.25. The predicted octanol–water partition coefficient (Wildman–Crippen LogP) is 4.34. The monoisotopic (exact) mass is 369 g/mol. The minimum atomic E-state index is 0.804. The molecule has 2 rings (SSSR count). The average Bonchev–Trinajstić information content (AvgIpc) is 2.52. The molecule has 0 radical (unpaired) electrons. The van der Waals surface area contributed by atoms with E-state index in [0.717, 1.165) is 49.6 Å². The van der Waals surface area contributed by atoms with E-state index in [1.54, 1.807) is 0 Å². The molecule has 0 atom stereocenters. The zero-order valence-corrected chi connectivity index (χ0v) is 15.5. The average molecular weight is 370 g/mol. The molecular weight excluding hydrogens is 342 g/mol. The maximum absolute atomic E-state index is 5.90. The van der Waals surface area contributed by atoms with Crippen LogP contribution < -0.4 is 4.74 Å². The van der Waals surface area contributed by atoms with Crippen LogP contribution >= 0.6 is 15.9 Å². The quantitative estimate of drug-likeness (QED) is 0.636. The molecule has 0 N–H and O–H groups in total. The number of halogens is 1. The number of unbranched alkanes of at least 4 members (excludes halogenated alkanes) is 3. The first-order valence-corrected chi connectivity index (χ1v) is 9.16. The molecule has 1 aliphatic rings. The Kier molecular flexibility index (Phi) is 7.70. The fraction of sp³-hybridized carbons (Fsp3) is 0.667. The molecule has 1 heterocycles. The highest BCUT2D eigenvalue weighted by molar-refractivity contribution is 9.10. The van der Waals surface area contributed by atoms with Crippen molar-refractivity contribution in [3.05, 3.63) is 27.7 Å². The van der Waals surface area contributed by atoms with Crippen molar-refractivity contribution >= 4 is 15.9 Å². The van der Waals surface area contributed by atoms with Crippen LogP contribution in [0.3, 0.4) is 0 Å². The highest BCUT2D eigenvalue weighted by atomic mass is 79.9. The summed E-state index contributed by atoms with van der Waals surface area (Å²) in [6.07, 6.45) is 4.94. The topological polar surface area (TPSA) is 21.7 Å². The lowest BCUT2D eigenvalue weighted by Crippen LogP contribution is -2.36. The molecule has 0 unspecified atom stereocenters. The van der Waals surface area contributed by atoms with Gasteiger partial charge in [-0.25, -0.2) is 0 Å². The second-order valence-corrected chi connectivity index (χ2v) is 6.94. The van der Waals surface area contributed by atoms with Crippen molar-refractivity contribution in [3.63, 3.8) is 0 Å². The molecule has 22 heavy (non-hydrogen) atoms. The number of morpholine rings is 1. The van der Waals surface area contributed by atoms with E-state index < -0.39 is 0 Å². The van der Waals surface area contributed by atoms with E-state index in [4.69, 9.17) is 9.47 Å². The lowest BCUT2D eigenvalue weighted by atomic mass is 10.1. The number of hydrogen-bond donors (Lipinski definition) is 0. The van der Waals surface area contributed by atoms with E-state index in [1.165, 1.54) is 36.9 Å². The van der Waals surface area contributed by atoms with Gasteiger partial charge in [0.15, 0.2) is 0 Å². The number of benzene rings is 1. The highest BCUT2D eigenvalue weighted by Crippen LogP contribution is 2.28. The van der Waals surface area contributed by atoms with Gasteiger partial charge < -0.3 is 9.47 Å². The molecule has 0 aliphatic carbocycles. The summed E-state index contributed by atoms with van der Waals surface area (Å²) < 4.78 is 12.3. The van der Waals surface area contributed by atoms with Gasteiger partial charge in [-0.1, -0.05) is 12.8 Å². The third-order valence-corrected chi connectivity index (χ3v) is 4.90. The molecule has 0 bridgehead atoms. The Hall–Kier alpha value is -0.580. The second-order valence-electron chi connectivity index (χ2n) is 6.08. The van der Waals surface area contributed by atoms with E-state index in [0.29, 0.717) is 0 Å². The van der Waals surface area contributed by atoms with Crippen molar-refractivity contribution in [2.24, 2.45) is 0 Å². The zero-order chi connectivity index (χ0) is 15.8. The molecule has 1 aromatic carbocycles. The van der Waals surface area contributed by atoms with Gasteiger partial charge in [0.2, 0.25) is 0 Å². The standard InChI is InChI=1S/C18H28BrNO2/c1-15-13-17(19)18(14-16(15)2)22-10-6-4-3-5-7-20-8-11-21-12-9-20/h13-14H,3-12H2,1-2H3. The molecule has 1 aromatic rings. The summed E-state index contributed by atoms with van der Waals surface area (Å²) in [5.41, 5.74) is 2.58. The minimum Gasteiger partial charge on any atom is -0.492 e. The Labute approximate surface area is 143 Å². The smallest absolute Gasteiger partial charge is 0.133 e. The third-order valence-electron chi connectivity index (χ3n) is 4.28. The van der Waals surface area contributed by atoms with Crippen molar-refractivity contribution in [2.75, 3.05) is 39.5 Å². The number of rotatable bonds is 8. The molecule has 4 heteroatoms. The van der Waals surface area contributed by atoms with Gasteiger partial charge in [0, 0.05) is 13.1 Å². The SMILES string of the molecule is Cc1cc(Br)c(OCCCCCCN2CCOCC2)cc1C. The van der Waals surface area contributed by atoms with Gasteiger partial charge in [-0.15, -0.1) is 0 Å². The Morgan fingerprint density at radius 3 is 2.50 bits per heavy atom. The largest absolute Gasteiger partial charge is 0.492 e. The van der Waals surface area contributed by atoms with Crippen LogP contribution in [0.15, 0.2) is 16.6 Å². The molecule has 1 saturated heterocycles. The molecule has 1 fully saturated rings. The van der Waals surface area contributed by atoms with Crippen molar-refractivity contribution < 1.29 is 9.47 Å². The lowest BCUT2D eigenvalue weighted by molar-refractivity contribution is 0.0371. The Bertz CT molecular complexity index is 459. The summed E-state index contributed by atoms with van der Waals surface area (Å²) in [7, 11) is 0. The fourth-order valence-electron chi connectivity index (χ4n) is 2.66. The molecule has 1 aliphatic heterocycles. The molecule has 0 spiro atoms. The molecule has 3 nitrogen and oxygen atoms in total. The van der Waals surface area contributed by atoms with Crippen LogP contribution in [0.25, 0.3) is 0 Å². The zero-order valence-electron chi connectivity index (χ0n) is 13.9. The highest BCUT2D eigenvalue weighted by Gasteiger charge is 2.09. The lowest BCUT2D eigenvalue weighted by Gasteiger charge is -2.26. The van der Waals surface area contributed by atoms with Crippen LogP contribution in [0.4, 0.5) is 0 Å². The van der Waals surface area contributed by atoms with Crippen LogP contribution in [0.1, 0.15) is 36.8 Å². The Balaban J connectivity index is 1.55. The van der Waals surface area contributed by atoms with E-state index in [2.05, 4.69) is 46.8 Å². The molecule has 0 saturated carbocycles. The number of nitrogens with zero attached hydrogens (tertiary/aromatic N) is 1. The minimum absolute atomic E-state index is 0.804. The van der Waals surface area contributed by atoms with Gasteiger partial charge in [-0.3, -0.25) is 4.90 Å². The van der Waals surface area contributed by atoms with Gasteiger partial charge in [0.25, 0.3) is 0 Å². The van der Waals surface area contributed by atoms with Crippen LogP contribution in [0, 0.1) is 13.8 Å². The van der Waals surface area contributed by atoms with Crippen molar-refractivity contribution in [3.8, 4) is 5.75 Å². The maximum Gasteiger partial charge on any atom is 0.133 e. The van der Waals surface area contributed by atoms with Gasteiger partial charge in [-0.2, -0.15) is 0 Å². The van der Waals surface area contributed by atoms with Crippen LogP contribution in [-0.2, 0) is 4.74 Å².